The number of hydrogen-bond acceptors (Lipinski definition) is 4. The first-order valence-electron chi connectivity index (χ1n) is 7.43. The summed E-state index contributed by atoms with van der Waals surface area (Å²) in [5.41, 5.74) is 0.754. The molecule has 1 fully saturated rings. The molecule has 1 aromatic rings. The van der Waals surface area contributed by atoms with Crippen LogP contribution < -0.4 is 15.5 Å². The molecule has 5 nitrogen and oxygen atoms in total. The number of aromatic nitrogens is 1. The van der Waals surface area contributed by atoms with Gasteiger partial charge in [0, 0.05) is 19.1 Å². The molecule has 1 unspecified atom stereocenters. The Bertz CT molecular complexity index is 426. The van der Waals surface area contributed by atoms with Crippen molar-refractivity contribution in [2.24, 2.45) is 0 Å². The number of carbonyl (C=O) groups excluding carboxylic acids is 1. The van der Waals surface area contributed by atoms with E-state index < -0.39 is 0 Å². The number of amides is 1. The molecule has 1 atom stereocenters. The molecule has 1 saturated heterocycles. The largest absolute Gasteiger partial charge is 0.357 e. The van der Waals surface area contributed by atoms with Crippen molar-refractivity contribution in [3.63, 3.8) is 0 Å². The Kier molecular flexibility index (Phi) is 5.35. The van der Waals surface area contributed by atoms with Gasteiger partial charge in [-0.15, -0.1) is 0 Å². The van der Waals surface area contributed by atoms with E-state index in [1.807, 2.05) is 12.1 Å². The Balaban J connectivity index is 1.82. The van der Waals surface area contributed by atoms with Gasteiger partial charge in [0.25, 0.3) is 0 Å². The number of nitrogens with one attached hydrogen (secondary N) is 2. The van der Waals surface area contributed by atoms with Crippen LogP contribution in [0.3, 0.4) is 0 Å². The maximum atomic E-state index is 11.8. The molecule has 2 N–H and O–H groups in total. The van der Waals surface area contributed by atoms with Gasteiger partial charge in [-0.05, 0) is 38.3 Å². The van der Waals surface area contributed by atoms with E-state index in [2.05, 4.69) is 34.4 Å². The van der Waals surface area contributed by atoms with E-state index in [0.29, 0.717) is 12.6 Å². The highest BCUT2D eigenvalue weighted by Gasteiger charge is 2.13. The third-order valence-corrected chi connectivity index (χ3v) is 3.69. The van der Waals surface area contributed by atoms with Crippen LogP contribution in [-0.4, -0.2) is 36.6 Å². The summed E-state index contributed by atoms with van der Waals surface area (Å²) in [7, 11) is 0. The molecule has 20 heavy (non-hydrogen) atoms. The van der Waals surface area contributed by atoms with Crippen LogP contribution in [0.4, 0.5) is 11.5 Å². The second-order valence-corrected chi connectivity index (χ2v) is 5.34. The monoisotopic (exact) mass is 276 g/mol. The molecular weight excluding hydrogens is 252 g/mol. The van der Waals surface area contributed by atoms with Crippen molar-refractivity contribution in [1.82, 2.24) is 10.3 Å². The summed E-state index contributed by atoms with van der Waals surface area (Å²) in [6, 6.07) is 4.25. The number of nitrogens with zero attached hydrogens (tertiary/aromatic N) is 2. The number of carbonyl (C=O) groups is 1. The van der Waals surface area contributed by atoms with Crippen LogP contribution in [-0.2, 0) is 4.79 Å². The highest BCUT2D eigenvalue weighted by molar-refractivity contribution is 5.92. The molecular formula is C15H24N4O. The maximum Gasteiger partial charge on any atom is 0.238 e. The average Bonchev–Trinajstić information content (AvgIpc) is 2.99. The normalized spacial score (nSPS) is 16.2. The van der Waals surface area contributed by atoms with Crippen molar-refractivity contribution in [2.45, 2.75) is 39.2 Å². The number of rotatable bonds is 6. The molecule has 1 aliphatic heterocycles. The van der Waals surface area contributed by atoms with Gasteiger partial charge in [0.2, 0.25) is 5.91 Å². The summed E-state index contributed by atoms with van der Waals surface area (Å²) >= 11 is 0. The molecule has 1 amide bonds. The topological polar surface area (TPSA) is 57.3 Å². The molecule has 5 heteroatoms. The van der Waals surface area contributed by atoms with Crippen LogP contribution in [0, 0.1) is 0 Å². The Hall–Kier alpha value is -1.62. The predicted molar refractivity (Wildman–Crippen MR) is 82.1 cm³/mol. The van der Waals surface area contributed by atoms with Gasteiger partial charge in [-0.25, -0.2) is 4.98 Å². The summed E-state index contributed by atoms with van der Waals surface area (Å²) in [4.78, 5) is 18.5. The van der Waals surface area contributed by atoms with Gasteiger partial charge in [-0.2, -0.15) is 0 Å². The fourth-order valence-electron chi connectivity index (χ4n) is 2.21. The van der Waals surface area contributed by atoms with Crippen molar-refractivity contribution in [3.8, 4) is 0 Å². The van der Waals surface area contributed by atoms with Crippen molar-refractivity contribution in [1.29, 1.82) is 0 Å². The van der Waals surface area contributed by atoms with Crippen molar-refractivity contribution in [3.05, 3.63) is 18.3 Å². The minimum absolute atomic E-state index is 0.0268. The Morgan fingerprint density at radius 3 is 2.75 bits per heavy atom. The fourth-order valence-corrected chi connectivity index (χ4v) is 2.21. The maximum absolute atomic E-state index is 11.8. The molecule has 2 rings (SSSR count). The number of hydrogen-bond donors (Lipinski definition) is 2. The van der Waals surface area contributed by atoms with E-state index in [4.69, 9.17) is 0 Å². The lowest BCUT2D eigenvalue weighted by atomic mass is 10.2. The van der Waals surface area contributed by atoms with Gasteiger partial charge in [0.1, 0.15) is 5.82 Å². The molecule has 0 aliphatic carbocycles. The molecule has 110 valence electrons. The minimum atomic E-state index is -0.0268. The van der Waals surface area contributed by atoms with E-state index in [-0.39, 0.29) is 5.91 Å². The molecule has 2 heterocycles. The standard InChI is InChI=1S/C15H24N4O/c1-3-12(2)16-11-15(20)18-13-6-7-14(17-10-13)19-8-4-5-9-19/h6-7,10,12,16H,3-5,8-9,11H2,1-2H3,(H,18,20). The van der Waals surface area contributed by atoms with Gasteiger partial charge < -0.3 is 15.5 Å². The fraction of sp³-hybridized carbons (Fsp3) is 0.600. The van der Waals surface area contributed by atoms with E-state index in [1.54, 1.807) is 6.20 Å². The lowest BCUT2D eigenvalue weighted by Gasteiger charge is -2.16. The summed E-state index contributed by atoms with van der Waals surface area (Å²) in [5.74, 6) is 0.972. The Labute approximate surface area is 120 Å². The molecule has 1 aromatic heterocycles. The smallest absolute Gasteiger partial charge is 0.238 e. The van der Waals surface area contributed by atoms with Crippen LogP contribution in [0.2, 0.25) is 0 Å². The van der Waals surface area contributed by atoms with E-state index in [1.165, 1.54) is 12.8 Å². The van der Waals surface area contributed by atoms with Crippen LogP contribution in [0.5, 0.6) is 0 Å². The van der Waals surface area contributed by atoms with Crippen LogP contribution in [0.15, 0.2) is 18.3 Å². The van der Waals surface area contributed by atoms with Gasteiger partial charge in [0.15, 0.2) is 0 Å². The third-order valence-electron chi connectivity index (χ3n) is 3.69. The summed E-state index contributed by atoms with van der Waals surface area (Å²) in [6.45, 7) is 6.66. The Morgan fingerprint density at radius 2 is 2.15 bits per heavy atom. The molecule has 0 aromatic carbocycles. The van der Waals surface area contributed by atoms with E-state index in [9.17, 15) is 4.79 Å². The summed E-state index contributed by atoms with van der Waals surface area (Å²) in [6.07, 6.45) is 5.22. The lowest BCUT2D eigenvalue weighted by Crippen LogP contribution is -2.34. The van der Waals surface area contributed by atoms with Gasteiger partial charge in [-0.1, -0.05) is 6.92 Å². The third kappa shape index (κ3) is 4.20. The SMILES string of the molecule is CCC(C)NCC(=O)Nc1ccc(N2CCCC2)nc1. The lowest BCUT2D eigenvalue weighted by molar-refractivity contribution is -0.115. The zero-order chi connectivity index (χ0) is 14.4. The van der Waals surface area contributed by atoms with E-state index in [0.717, 1.165) is 31.0 Å². The first-order valence-corrected chi connectivity index (χ1v) is 7.43. The van der Waals surface area contributed by atoms with Crippen molar-refractivity contribution >= 4 is 17.4 Å². The highest BCUT2D eigenvalue weighted by Crippen LogP contribution is 2.18. The van der Waals surface area contributed by atoms with Crippen molar-refractivity contribution in [2.75, 3.05) is 29.9 Å². The average molecular weight is 276 g/mol. The van der Waals surface area contributed by atoms with Crippen molar-refractivity contribution < 1.29 is 4.79 Å². The minimum Gasteiger partial charge on any atom is -0.357 e. The summed E-state index contributed by atoms with van der Waals surface area (Å²) in [5, 5.41) is 6.02. The first-order chi connectivity index (χ1) is 9.69. The van der Waals surface area contributed by atoms with Gasteiger partial charge in [0.05, 0.1) is 18.4 Å². The van der Waals surface area contributed by atoms with Crippen LogP contribution in [0.25, 0.3) is 0 Å². The summed E-state index contributed by atoms with van der Waals surface area (Å²) < 4.78 is 0. The second-order valence-electron chi connectivity index (χ2n) is 5.34. The first kappa shape index (κ1) is 14.8. The quantitative estimate of drug-likeness (QED) is 0.834. The molecule has 0 saturated carbocycles. The molecule has 0 bridgehead atoms. The second kappa shape index (κ2) is 7.24. The Morgan fingerprint density at radius 1 is 1.40 bits per heavy atom. The van der Waals surface area contributed by atoms with Crippen LogP contribution >= 0.6 is 0 Å². The molecule has 0 radical (unpaired) electrons. The van der Waals surface area contributed by atoms with Crippen LogP contribution in [0.1, 0.15) is 33.1 Å². The highest BCUT2D eigenvalue weighted by atomic mass is 16.1. The van der Waals surface area contributed by atoms with Gasteiger partial charge in [-0.3, -0.25) is 4.79 Å². The zero-order valence-corrected chi connectivity index (χ0v) is 12.4. The van der Waals surface area contributed by atoms with Gasteiger partial charge >= 0.3 is 0 Å². The van der Waals surface area contributed by atoms with E-state index >= 15 is 0 Å². The molecule has 1 aliphatic rings. The predicted octanol–water partition coefficient (Wildman–Crippen LogP) is 2.01. The molecule has 0 spiro atoms. The zero-order valence-electron chi connectivity index (χ0n) is 12.4. The number of pyridine rings is 1. The number of anilines is 2.